The van der Waals surface area contributed by atoms with Crippen molar-refractivity contribution in [3.8, 4) is 5.75 Å². The third kappa shape index (κ3) is 6.74. The van der Waals surface area contributed by atoms with Gasteiger partial charge in [0, 0.05) is 12.3 Å². The van der Waals surface area contributed by atoms with Gasteiger partial charge in [-0.1, -0.05) is 12.1 Å². The van der Waals surface area contributed by atoms with E-state index < -0.39 is 17.8 Å². The largest absolute Gasteiger partial charge is 0.491 e. The predicted molar refractivity (Wildman–Crippen MR) is 150 cm³/mol. The molecule has 2 amide bonds. The normalized spacial score (nSPS) is 14.5. The van der Waals surface area contributed by atoms with Crippen LogP contribution in [0.4, 0.5) is 40.8 Å². The first-order chi connectivity index (χ1) is 19.7. The molecule has 2 aromatic heterocycles. The molecule has 1 aliphatic heterocycles. The van der Waals surface area contributed by atoms with Crippen LogP contribution in [0.15, 0.2) is 65.8 Å². The van der Waals surface area contributed by atoms with Crippen LogP contribution in [-0.2, 0) is 6.18 Å². The van der Waals surface area contributed by atoms with E-state index in [0.29, 0.717) is 23.6 Å². The SMILES string of the molecule is CN1CCC(COc2ccc(C(F)(F)F)cc2NC(=O)Nc2ccccc2Nc2ncnc3[nH]ccc(=O)c23)CC1. The van der Waals surface area contributed by atoms with Crippen LogP contribution < -0.4 is 26.1 Å². The second-order valence-corrected chi connectivity index (χ2v) is 9.80. The first-order valence-corrected chi connectivity index (χ1v) is 13.0. The molecule has 5 rings (SSSR count). The highest BCUT2D eigenvalue weighted by atomic mass is 19.4. The number of benzene rings is 2. The van der Waals surface area contributed by atoms with Crippen molar-refractivity contribution in [3.05, 3.63) is 76.8 Å². The number of anilines is 4. The van der Waals surface area contributed by atoms with Crippen molar-refractivity contribution >= 4 is 39.9 Å². The molecule has 13 heteroatoms. The fraction of sp³-hybridized carbons (Fsp3) is 0.286. The van der Waals surface area contributed by atoms with Crippen molar-refractivity contribution in [1.29, 1.82) is 0 Å². The van der Waals surface area contributed by atoms with Gasteiger partial charge in [-0.3, -0.25) is 4.79 Å². The Hall–Kier alpha value is -4.65. The Kier molecular flexibility index (Phi) is 8.06. The van der Waals surface area contributed by atoms with E-state index in [2.05, 4.69) is 35.8 Å². The van der Waals surface area contributed by atoms with Crippen LogP contribution in [0, 0.1) is 5.92 Å². The summed E-state index contributed by atoms with van der Waals surface area (Å²) in [6.07, 6.45) is -0.0196. The Balaban J connectivity index is 1.35. The van der Waals surface area contributed by atoms with Crippen LogP contribution in [-0.4, -0.2) is 52.6 Å². The van der Waals surface area contributed by atoms with Gasteiger partial charge in [-0.2, -0.15) is 13.2 Å². The van der Waals surface area contributed by atoms with Gasteiger partial charge in [0.2, 0.25) is 0 Å². The van der Waals surface area contributed by atoms with Gasteiger partial charge in [0.25, 0.3) is 0 Å². The molecule has 2 aromatic carbocycles. The fourth-order valence-electron chi connectivity index (χ4n) is 4.57. The number of carbonyl (C=O) groups is 1. The van der Waals surface area contributed by atoms with Gasteiger partial charge in [0.1, 0.15) is 28.9 Å². The average molecular weight is 568 g/mol. The Labute approximate surface area is 233 Å². The zero-order chi connectivity index (χ0) is 29.0. The number of halogens is 3. The Morgan fingerprint density at radius 3 is 2.54 bits per heavy atom. The van der Waals surface area contributed by atoms with Gasteiger partial charge in [0.15, 0.2) is 5.43 Å². The lowest BCUT2D eigenvalue weighted by molar-refractivity contribution is -0.137. The first-order valence-electron chi connectivity index (χ1n) is 13.0. The van der Waals surface area contributed by atoms with E-state index in [1.54, 1.807) is 24.3 Å². The lowest BCUT2D eigenvalue weighted by atomic mass is 9.98. The molecule has 0 radical (unpaired) electrons. The number of urea groups is 1. The van der Waals surface area contributed by atoms with E-state index in [0.717, 1.165) is 38.1 Å². The number of aromatic amines is 1. The number of piperidine rings is 1. The van der Waals surface area contributed by atoms with Crippen molar-refractivity contribution in [2.24, 2.45) is 5.92 Å². The Morgan fingerprint density at radius 1 is 1.05 bits per heavy atom. The number of likely N-dealkylation sites (tertiary alicyclic amines) is 1. The van der Waals surface area contributed by atoms with Crippen molar-refractivity contribution in [2.75, 3.05) is 42.7 Å². The lowest BCUT2D eigenvalue weighted by Gasteiger charge is -2.29. The average Bonchev–Trinajstić information content (AvgIpc) is 2.94. The minimum absolute atomic E-state index is 0.107. The molecule has 0 bridgehead atoms. The van der Waals surface area contributed by atoms with Crippen LogP contribution in [0.3, 0.4) is 0 Å². The monoisotopic (exact) mass is 567 g/mol. The molecule has 1 fully saturated rings. The number of H-pyrrole nitrogens is 1. The summed E-state index contributed by atoms with van der Waals surface area (Å²) in [4.78, 5) is 38.8. The number of hydrogen-bond acceptors (Lipinski definition) is 7. The topological polar surface area (TPSA) is 124 Å². The van der Waals surface area contributed by atoms with Gasteiger partial charge in [-0.15, -0.1) is 0 Å². The summed E-state index contributed by atoms with van der Waals surface area (Å²) >= 11 is 0. The second kappa shape index (κ2) is 11.8. The summed E-state index contributed by atoms with van der Waals surface area (Å²) in [6, 6.07) is 10.2. The smallest absolute Gasteiger partial charge is 0.416 e. The van der Waals surface area contributed by atoms with Crippen LogP contribution in [0.1, 0.15) is 18.4 Å². The molecule has 214 valence electrons. The van der Waals surface area contributed by atoms with E-state index >= 15 is 0 Å². The number of ether oxygens (including phenoxy) is 1. The fourth-order valence-corrected chi connectivity index (χ4v) is 4.57. The highest BCUT2D eigenvalue weighted by molar-refractivity contribution is 6.03. The molecule has 41 heavy (non-hydrogen) atoms. The summed E-state index contributed by atoms with van der Waals surface area (Å²) in [6.45, 7) is 2.16. The number of nitrogens with zero attached hydrogens (tertiary/aromatic N) is 3. The number of alkyl halides is 3. The number of para-hydroxylation sites is 2. The Morgan fingerprint density at radius 2 is 1.78 bits per heavy atom. The van der Waals surface area contributed by atoms with Crippen LogP contribution in [0.25, 0.3) is 11.0 Å². The quantitative estimate of drug-likeness (QED) is 0.234. The van der Waals surface area contributed by atoms with Gasteiger partial charge in [0.05, 0.1) is 29.2 Å². The number of amides is 2. The maximum absolute atomic E-state index is 13.5. The molecule has 0 atom stereocenters. The zero-order valence-electron chi connectivity index (χ0n) is 22.1. The Bertz CT molecular complexity index is 1600. The summed E-state index contributed by atoms with van der Waals surface area (Å²) in [5.74, 6) is 0.623. The van der Waals surface area contributed by atoms with Crippen LogP contribution in [0.5, 0.6) is 5.75 Å². The molecule has 1 aliphatic rings. The van der Waals surface area contributed by atoms with Crippen molar-refractivity contribution in [3.63, 3.8) is 0 Å². The number of nitrogens with one attached hydrogen (secondary N) is 4. The molecule has 0 unspecified atom stereocenters. The molecular weight excluding hydrogens is 539 g/mol. The second-order valence-electron chi connectivity index (χ2n) is 9.80. The molecule has 3 heterocycles. The van der Waals surface area contributed by atoms with E-state index in [1.165, 1.54) is 24.7 Å². The van der Waals surface area contributed by atoms with Gasteiger partial charge >= 0.3 is 12.2 Å². The van der Waals surface area contributed by atoms with Crippen molar-refractivity contribution in [2.45, 2.75) is 19.0 Å². The van der Waals surface area contributed by atoms with Gasteiger partial charge in [-0.25, -0.2) is 14.8 Å². The number of aromatic nitrogens is 3. The maximum Gasteiger partial charge on any atom is 0.416 e. The van der Waals surface area contributed by atoms with Gasteiger partial charge in [-0.05, 0) is 69.2 Å². The maximum atomic E-state index is 13.5. The number of rotatable bonds is 7. The number of fused-ring (bicyclic) bond motifs is 1. The van der Waals surface area contributed by atoms with Crippen LogP contribution >= 0.6 is 0 Å². The summed E-state index contributed by atoms with van der Waals surface area (Å²) in [7, 11) is 2.04. The summed E-state index contributed by atoms with van der Waals surface area (Å²) < 4.78 is 46.3. The highest BCUT2D eigenvalue weighted by Gasteiger charge is 2.31. The highest BCUT2D eigenvalue weighted by Crippen LogP contribution is 2.36. The minimum atomic E-state index is -4.60. The van der Waals surface area contributed by atoms with E-state index in [4.69, 9.17) is 4.74 Å². The van der Waals surface area contributed by atoms with E-state index in [1.807, 2.05) is 7.05 Å². The number of carbonyl (C=O) groups excluding carboxylic acids is 1. The van der Waals surface area contributed by atoms with Crippen molar-refractivity contribution in [1.82, 2.24) is 19.9 Å². The molecule has 0 aliphatic carbocycles. The third-order valence-electron chi connectivity index (χ3n) is 6.84. The van der Waals surface area contributed by atoms with Gasteiger partial charge < -0.3 is 30.6 Å². The molecule has 0 saturated carbocycles. The molecule has 0 spiro atoms. The van der Waals surface area contributed by atoms with Crippen LogP contribution in [0.2, 0.25) is 0 Å². The standard InChI is InChI=1S/C28H28F3N7O3/c1-38-12-9-17(10-13-38)15-41-23-7-6-18(28(29,30)31)14-21(23)37-27(40)36-20-5-3-2-4-19(20)35-26-24-22(39)8-11-32-25(24)33-16-34-26/h2-8,11,14,16-17H,9-10,12-13,15H2,1H3,(H2,36,37,40)(H2,32,33,34,35,39). The number of hydrogen-bond donors (Lipinski definition) is 4. The molecule has 10 nitrogen and oxygen atoms in total. The lowest BCUT2D eigenvalue weighted by Crippen LogP contribution is -2.32. The van der Waals surface area contributed by atoms with Crippen molar-refractivity contribution < 1.29 is 22.7 Å². The van der Waals surface area contributed by atoms with E-state index in [-0.39, 0.29) is 34.0 Å². The molecule has 4 aromatic rings. The summed E-state index contributed by atoms with van der Waals surface area (Å²) in [5, 5.41) is 8.42. The predicted octanol–water partition coefficient (Wildman–Crippen LogP) is 5.45. The van der Waals surface area contributed by atoms with E-state index in [9.17, 15) is 22.8 Å². The minimum Gasteiger partial charge on any atom is -0.491 e. The molecule has 4 N–H and O–H groups in total. The number of pyridine rings is 1. The first kappa shape index (κ1) is 27.9. The molecule has 1 saturated heterocycles. The molecular formula is C28H28F3N7O3. The summed E-state index contributed by atoms with van der Waals surface area (Å²) in [5.41, 5.74) is -0.303. The third-order valence-corrected chi connectivity index (χ3v) is 6.84. The zero-order valence-corrected chi connectivity index (χ0v) is 22.1.